The van der Waals surface area contributed by atoms with E-state index in [9.17, 15) is 30.3 Å². The molecule has 27 heavy (non-hydrogen) atoms. The Hall–Kier alpha value is -3.02. The minimum atomic E-state index is -0.971. The molecule has 0 unspecified atom stereocenters. The molecular formula is C18H18N4O5. The van der Waals surface area contributed by atoms with E-state index in [0.29, 0.717) is 18.9 Å². The Labute approximate surface area is 154 Å². The number of likely N-dealkylation sites (tertiary alicyclic amines) is 1. The topological polar surface area (TPSA) is 130 Å². The number of benzene rings is 1. The summed E-state index contributed by atoms with van der Waals surface area (Å²) >= 11 is 0. The van der Waals surface area contributed by atoms with E-state index >= 15 is 0 Å². The second-order valence-corrected chi connectivity index (χ2v) is 8.30. The molecular weight excluding hydrogens is 352 g/mol. The van der Waals surface area contributed by atoms with Crippen LogP contribution in [0.5, 0.6) is 0 Å². The number of nitriles is 1. The lowest BCUT2D eigenvalue weighted by atomic mass is 9.66. The van der Waals surface area contributed by atoms with Crippen molar-refractivity contribution >= 4 is 17.3 Å². The van der Waals surface area contributed by atoms with Crippen molar-refractivity contribution < 1.29 is 14.6 Å². The summed E-state index contributed by atoms with van der Waals surface area (Å²) in [5, 5.41) is 32.3. The van der Waals surface area contributed by atoms with Gasteiger partial charge in [-0.05, 0) is 30.6 Å². The number of carbonyl (C=O) groups excluding carboxylic acids is 1. The van der Waals surface area contributed by atoms with Crippen LogP contribution in [-0.2, 0) is 0 Å². The summed E-state index contributed by atoms with van der Waals surface area (Å²) in [7, 11) is 0. The zero-order valence-electron chi connectivity index (χ0n) is 15.0. The lowest BCUT2D eigenvalue weighted by Crippen LogP contribution is -2.54. The number of hydrogen-bond acceptors (Lipinski definition) is 6. The molecule has 0 aromatic heterocycles. The van der Waals surface area contributed by atoms with Gasteiger partial charge in [0.05, 0.1) is 27.5 Å². The second-order valence-electron chi connectivity index (χ2n) is 8.30. The molecule has 0 N–H and O–H groups in total. The van der Waals surface area contributed by atoms with E-state index in [1.165, 1.54) is 4.90 Å². The number of non-ortho nitro benzene ring substituents is 2. The van der Waals surface area contributed by atoms with Crippen LogP contribution in [0.1, 0.15) is 43.5 Å². The summed E-state index contributed by atoms with van der Waals surface area (Å²) in [6.07, 6.45) is 2.46. The fraction of sp³-hybridized carbons (Fsp3) is 0.556. The van der Waals surface area contributed by atoms with Crippen molar-refractivity contribution in [3.8, 4) is 6.07 Å². The zero-order valence-corrected chi connectivity index (χ0v) is 15.0. The van der Waals surface area contributed by atoms with Gasteiger partial charge in [-0.2, -0.15) is 5.26 Å². The second kappa shape index (κ2) is 5.03. The van der Waals surface area contributed by atoms with Gasteiger partial charge < -0.3 is 4.90 Å². The molecule has 0 spiro atoms. The highest BCUT2D eigenvalue weighted by Gasteiger charge is 2.78. The Kier molecular flexibility index (Phi) is 3.24. The lowest BCUT2D eigenvalue weighted by molar-refractivity contribution is -0.394. The van der Waals surface area contributed by atoms with Crippen molar-refractivity contribution in [2.24, 2.45) is 16.7 Å². The van der Waals surface area contributed by atoms with Crippen LogP contribution in [0.25, 0.3) is 0 Å². The molecule has 4 atom stereocenters. The molecule has 1 saturated heterocycles. The van der Waals surface area contributed by atoms with Gasteiger partial charge in [0, 0.05) is 24.1 Å². The molecule has 1 heterocycles. The fourth-order valence-electron chi connectivity index (χ4n) is 5.84. The van der Waals surface area contributed by atoms with Crippen LogP contribution in [0.4, 0.5) is 11.4 Å². The van der Waals surface area contributed by atoms with E-state index in [-0.39, 0.29) is 16.4 Å². The highest BCUT2D eigenvalue weighted by atomic mass is 16.6. The first-order chi connectivity index (χ1) is 12.6. The smallest absolute Gasteiger partial charge is 0.277 e. The van der Waals surface area contributed by atoms with Crippen LogP contribution in [0.2, 0.25) is 0 Å². The first-order valence-electron chi connectivity index (χ1n) is 8.77. The number of nitro groups is 2. The molecule has 9 nitrogen and oxygen atoms in total. The summed E-state index contributed by atoms with van der Waals surface area (Å²) in [5.41, 5.74) is -2.65. The number of rotatable bonds is 3. The third-order valence-corrected chi connectivity index (χ3v) is 7.56. The maximum absolute atomic E-state index is 13.2. The number of piperidine rings is 1. The predicted molar refractivity (Wildman–Crippen MR) is 92.7 cm³/mol. The Morgan fingerprint density at radius 2 is 1.81 bits per heavy atom. The van der Waals surface area contributed by atoms with Crippen molar-refractivity contribution in [3.05, 3.63) is 44.0 Å². The minimum absolute atomic E-state index is 0.124. The Balaban J connectivity index is 1.80. The SMILES string of the molecule is C[C@]12CC[C@H]3C[C@@]1(C#N)N(C(=O)c1cc([N+](=O)[O-])cc([N+](=O)[O-])c1)C[C@@]32C. The number of nitro benzene ring substituents is 2. The highest BCUT2D eigenvalue weighted by molar-refractivity contribution is 5.97. The standard InChI is InChI=1S/C18H18N4O5/c1-16-10-20(18(9-19)8-12(16)3-4-17(16,18)2)15(23)11-5-13(21(24)25)7-14(6-11)22(26)27/h5-7,12H,3-4,8,10H2,1-2H3/t12-,16-,17+,18-/m0/s1. The highest BCUT2D eigenvalue weighted by Crippen LogP contribution is 2.75. The Morgan fingerprint density at radius 3 is 2.30 bits per heavy atom. The van der Waals surface area contributed by atoms with E-state index in [2.05, 4.69) is 13.0 Å². The molecule has 1 aliphatic heterocycles. The minimum Gasteiger partial charge on any atom is -0.319 e. The molecule has 3 aliphatic rings. The quantitative estimate of drug-likeness (QED) is 0.593. The molecule has 4 rings (SSSR count). The van der Waals surface area contributed by atoms with Crippen molar-refractivity contribution in [2.75, 3.05) is 6.54 Å². The van der Waals surface area contributed by atoms with Crippen LogP contribution in [0.3, 0.4) is 0 Å². The van der Waals surface area contributed by atoms with Gasteiger partial charge in [0.2, 0.25) is 0 Å². The van der Waals surface area contributed by atoms with Crippen LogP contribution in [-0.4, -0.2) is 32.7 Å². The van der Waals surface area contributed by atoms with Gasteiger partial charge in [-0.3, -0.25) is 25.0 Å². The van der Waals surface area contributed by atoms with Crippen LogP contribution in [0.15, 0.2) is 18.2 Å². The Morgan fingerprint density at radius 1 is 1.22 bits per heavy atom. The molecule has 3 fully saturated rings. The third-order valence-electron chi connectivity index (χ3n) is 7.56. The van der Waals surface area contributed by atoms with Gasteiger partial charge in [0.15, 0.2) is 0 Å². The van der Waals surface area contributed by atoms with Crippen molar-refractivity contribution in [1.82, 2.24) is 4.90 Å². The molecule has 1 amide bonds. The van der Waals surface area contributed by atoms with E-state index in [1.54, 1.807) is 0 Å². The van der Waals surface area contributed by atoms with Gasteiger partial charge in [0.25, 0.3) is 17.3 Å². The largest absolute Gasteiger partial charge is 0.319 e. The maximum Gasteiger partial charge on any atom is 0.277 e. The average Bonchev–Trinajstić information content (AvgIpc) is 3.09. The molecule has 2 aliphatic carbocycles. The normalized spacial score (nSPS) is 35.9. The monoisotopic (exact) mass is 370 g/mol. The van der Waals surface area contributed by atoms with E-state index in [4.69, 9.17) is 0 Å². The summed E-state index contributed by atoms with van der Waals surface area (Å²) in [5.74, 6) is -0.190. The molecule has 0 radical (unpaired) electrons. The number of amides is 1. The molecule has 9 heteroatoms. The predicted octanol–water partition coefficient (Wildman–Crippen LogP) is 3.05. The Bertz CT molecular complexity index is 923. The van der Waals surface area contributed by atoms with Gasteiger partial charge in [-0.25, -0.2) is 0 Å². The average molecular weight is 370 g/mol. The first-order valence-corrected chi connectivity index (χ1v) is 8.77. The lowest BCUT2D eigenvalue weighted by Gasteiger charge is -2.43. The zero-order chi connectivity index (χ0) is 19.8. The van der Waals surface area contributed by atoms with Crippen molar-refractivity contribution in [3.63, 3.8) is 0 Å². The van der Waals surface area contributed by atoms with Gasteiger partial charge in [-0.15, -0.1) is 0 Å². The molecule has 4 bridgehead atoms. The summed E-state index contributed by atoms with van der Waals surface area (Å²) < 4.78 is 0. The summed E-state index contributed by atoms with van der Waals surface area (Å²) in [4.78, 5) is 35.5. The molecule has 1 aromatic carbocycles. The molecule has 1 aromatic rings. The maximum atomic E-state index is 13.2. The fourth-order valence-corrected chi connectivity index (χ4v) is 5.84. The van der Waals surface area contributed by atoms with Crippen LogP contribution < -0.4 is 0 Å². The number of nitrogens with zero attached hydrogens (tertiary/aromatic N) is 4. The number of carbonyl (C=O) groups is 1. The van der Waals surface area contributed by atoms with Gasteiger partial charge in [-0.1, -0.05) is 13.8 Å². The summed E-state index contributed by atoms with van der Waals surface area (Å²) in [6, 6.07) is 5.31. The molecule has 140 valence electrons. The van der Waals surface area contributed by atoms with Crippen LogP contribution in [0, 0.1) is 48.3 Å². The number of hydrogen-bond donors (Lipinski definition) is 0. The molecule has 2 saturated carbocycles. The van der Waals surface area contributed by atoms with E-state index in [1.807, 2.05) is 6.92 Å². The first kappa shape index (κ1) is 17.4. The van der Waals surface area contributed by atoms with Gasteiger partial charge in [0.1, 0.15) is 5.54 Å². The van der Waals surface area contributed by atoms with Crippen molar-refractivity contribution in [2.45, 2.75) is 38.6 Å². The van der Waals surface area contributed by atoms with E-state index < -0.39 is 32.7 Å². The van der Waals surface area contributed by atoms with Gasteiger partial charge >= 0.3 is 0 Å². The van der Waals surface area contributed by atoms with Crippen LogP contribution >= 0.6 is 0 Å². The van der Waals surface area contributed by atoms with E-state index in [0.717, 1.165) is 31.0 Å². The third kappa shape index (κ3) is 1.85. The van der Waals surface area contributed by atoms with Crippen molar-refractivity contribution in [1.29, 1.82) is 5.26 Å². The summed E-state index contributed by atoms with van der Waals surface area (Å²) in [6.45, 7) is 4.54.